The van der Waals surface area contributed by atoms with Gasteiger partial charge in [0.2, 0.25) is 0 Å². The van der Waals surface area contributed by atoms with E-state index in [1.807, 2.05) is 0 Å². The van der Waals surface area contributed by atoms with Crippen LogP contribution in [0.5, 0.6) is 0 Å². The quantitative estimate of drug-likeness (QED) is 0.486. The van der Waals surface area contributed by atoms with Gasteiger partial charge in [0.15, 0.2) is 5.70 Å². The molecule has 2 aliphatic heterocycles. The highest BCUT2D eigenvalue weighted by Gasteiger charge is 2.51. The number of halogens is 2. The van der Waals surface area contributed by atoms with E-state index in [1.165, 1.54) is 30.6 Å². The number of fused-ring (bicyclic) bond motifs is 2. The molecule has 1 aromatic carbocycles. The Labute approximate surface area is 129 Å². The van der Waals surface area contributed by atoms with E-state index in [9.17, 15) is 18.7 Å². The Hall–Kier alpha value is -3.03. The van der Waals surface area contributed by atoms with Gasteiger partial charge in [0, 0.05) is 23.9 Å². The van der Waals surface area contributed by atoms with Crippen LogP contribution in [0.25, 0.3) is 5.57 Å². The van der Waals surface area contributed by atoms with E-state index in [1.54, 1.807) is 30.3 Å². The molecule has 0 amide bonds. The van der Waals surface area contributed by atoms with Gasteiger partial charge in [-0.15, -0.1) is 0 Å². The molecule has 0 fully saturated rings. The van der Waals surface area contributed by atoms with E-state index < -0.39 is 11.9 Å². The van der Waals surface area contributed by atoms with Gasteiger partial charge in [-0.1, -0.05) is 12.1 Å². The zero-order chi connectivity index (χ0) is 16.2. The average molecular weight is 313 g/mol. The number of allylic oxidation sites excluding steroid dienone is 2. The van der Waals surface area contributed by atoms with E-state index in [2.05, 4.69) is 0 Å². The Morgan fingerprint density at radius 2 is 1.96 bits per heavy atom. The zero-order valence-corrected chi connectivity index (χ0v) is 11.8. The molecule has 3 heterocycles. The fraction of sp³-hybridized carbons (Fsp3) is 0. The minimum atomic E-state index is -4.00. The number of aromatic nitrogens is 1. The smallest absolute Gasteiger partial charge is 0.396 e. The Bertz CT molecular complexity index is 944. The lowest BCUT2D eigenvalue weighted by Gasteiger charge is -2.30. The molecule has 0 aliphatic carbocycles. The van der Waals surface area contributed by atoms with Crippen LogP contribution in [0.4, 0.5) is 14.3 Å². The number of hydrogen-bond acceptors (Lipinski definition) is 2. The highest BCUT2D eigenvalue weighted by atomic mass is 19.2. The molecule has 0 bridgehead atoms. The minimum Gasteiger partial charge on any atom is -0.396 e. The van der Waals surface area contributed by atoms with Gasteiger partial charge in [-0.25, -0.2) is 0 Å². The predicted molar refractivity (Wildman–Crippen MR) is 82.4 cm³/mol. The molecule has 0 radical (unpaired) electrons. The van der Waals surface area contributed by atoms with Crippen molar-refractivity contribution in [2.75, 3.05) is 0 Å². The zero-order valence-electron chi connectivity index (χ0n) is 11.8. The SMILES string of the molecule is O=[N+]([O-])c1ccccc1C1=C2C=CC=[N+]2[B-](F)(F)n2cccc21. The van der Waals surface area contributed by atoms with Gasteiger partial charge < -0.3 is 17.6 Å². The van der Waals surface area contributed by atoms with Gasteiger partial charge in [0.25, 0.3) is 5.69 Å². The van der Waals surface area contributed by atoms with Crippen molar-refractivity contribution in [3.8, 4) is 0 Å². The van der Waals surface area contributed by atoms with Crippen LogP contribution in [-0.4, -0.2) is 27.1 Å². The Balaban J connectivity index is 2.09. The lowest BCUT2D eigenvalue weighted by molar-refractivity contribution is -0.385. The molecule has 0 N–H and O–H groups in total. The maximum atomic E-state index is 14.6. The number of benzene rings is 1. The molecular formula is C15H10BF2N3O2. The van der Waals surface area contributed by atoms with E-state index in [0.717, 1.165) is 8.96 Å². The van der Waals surface area contributed by atoms with Crippen molar-refractivity contribution >= 4 is 24.4 Å². The normalized spacial score (nSPS) is 17.7. The number of nitro benzene ring substituents is 1. The summed E-state index contributed by atoms with van der Waals surface area (Å²) < 4.78 is 31.1. The van der Waals surface area contributed by atoms with Gasteiger partial charge in [0.1, 0.15) is 6.21 Å². The summed E-state index contributed by atoms with van der Waals surface area (Å²) in [5.74, 6) is 0. The molecule has 0 spiro atoms. The summed E-state index contributed by atoms with van der Waals surface area (Å²) in [5.41, 5.74) is 1.19. The summed E-state index contributed by atoms with van der Waals surface area (Å²) >= 11 is 0. The Morgan fingerprint density at radius 1 is 1.17 bits per heavy atom. The highest BCUT2D eigenvalue weighted by molar-refractivity contribution is 6.57. The molecule has 8 heteroatoms. The highest BCUT2D eigenvalue weighted by Crippen LogP contribution is 2.40. The monoisotopic (exact) mass is 313 g/mol. The standard InChI is InChI=1S/C15H10BF2N3O2/c17-16(18)19-9-3-7-13(19)15(14-8-4-10-20(14)16)11-5-1-2-6-12(11)21(22)23/h1-10H. The fourth-order valence-corrected chi connectivity index (χ4v) is 3.14. The molecule has 2 aromatic rings. The number of para-hydroxylation sites is 1. The minimum absolute atomic E-state index is 0.110. The van der Waals surface area contributed by atoms with Crippen molar-refractivity contribution in [2.24, 2.45) is 0 Å². The van der Waals surface area contributed by atoms with Crippen LogP contribution in [0.2, 0.25) is 0 Å². The maximum Gasteiger partial charge on any atom is 0.737 e. The van der Waals surface area contributed by atoms with Crippen LogP contribution in [0, 0.1) is 10.1 Å². The van der Waals surface area contributed by atoms with Crippen LogP contribution in [-0.2, 0) is 0 Å². The van der Waals surface area contributed by atoms with Gasteiger partial charge in [0.05, 0.1) is 16.1 Å². The summed E-state index contributed by atoms with van der Waals surface area (Å²) in [6.45, 7) is -4.00. The first kappa shape index (κ1) is 13.6. The second kappa shape index (κ2) is 4.48. The van der Waals surface area contributed by atoms with Gasteiger partial charge in [-0.3, -0.25) is 10.1 Å². The lowest BCUT2D eigenvalue weighted by Crippen LogP contribution is -2.49. The molecule has 23 heavy (non-hydrogen) atoms. The Kier molecular flexibility index (Phi) is 2.66. The predicted octanol–water partition coefficient (Wildman–Crippen LogP) is 3.05. The molecule has 0 unspecified atom stereocenters. The molecule has 5 nitrogen and oxygen atoms in total. The van der Waals surface area contributed by atoms with Gasteiger partial charge in [-0.05, 0) is 24.4 Å². The van der Waals surface area contributed by atoms with Crippen molar-refractivity contribution in [1.82, 2.24) is 4.48 Å². The van der Waals surface area contributed by atoms with Crippen molar-refractivity contribution in [3.05, 3.63) is 81.8 Å². The number of hydrogen-bond donors (Lipinski definition) is 0. The molecule has 2 aliphatic rings. The second-order valence-electron chi connectivity index (χ2n) is 5.34. The summed E-state index contributed by atoms with van der Waals surface area (Å²) in [6.07, 6.45) is 5.67. The van der Waals surface area contributed by atoms with Gasteiger partial charge >= 0.3 is 6.97 Å². The van der Waals surface area contributed by atoms with Gasteiger partial charge in [-0.2, -0.15) is 0 Å². The van der Waals surface area contributed by atoms with Crippen molar-refractivity contribution in [3.63, 3.8) is 0 Å². The molecule has 1 aromatic heterocycles. The maximum absolute atomic E-state index is 14.6. The molecule has 0 saturated heterocycles. The van der Waals surface area contributed by atoms with Crippen LogP contribution >= 0.6 is 0 Å². The molecule has 0 saturated carbocycles. The first-order chi connectivity index (χ1) is 11.0. The summed E-state index contributed by atoms with van der Waals surface area (Å²) in [4.78, 5) is 10.8. The second-order valence-corrected chi connectivity index (χ2v) is 5.34. The van der Waals surface area contributed by atoms with E-state index in [-0.39, 0.29) is 17.1 Å². The molecule has 114 valence electrons. The number of nitrogens with zero attached hydrogens (tertiary/aromatic N) is 3. The van der Waals surface area contributed by atoms with Crippen molar-refractivity contribution in [1.29, 1.82) is 0 Å². The first-order valence-corrected chi connectivity index (χ1v) is 6.99. The molecular weight excluding hydrogens is 303 g/mol. The van der Waals surface area contributed by atoms with E-state index in [4.69, 9.17) is 0 Å². The van der Waals surface area contributed by atoms with Crippen molar-refractivity contribution in [2.45, 2.75) is 0 Å². The van der Waals surface area contributed by atoms with Crippen molar-refractivity contribution < 1.29 is 18.0 Å². The first-order valence-electron chi connectivity index (χ1n) is 6.99. The summed E-state index contributed by atoms with van der Waals surface area (Å²) in [5, 5.41) is 11.3. The third-order valence-electron chi connectivity index (χ3n) is 4.11. The summed E-state index contributed by atoms with van der Waals surface area (Å²) in [6, 6.07) is 9.25. The largest absolute Gasteiger partial charge is 0.737 e. The fourth-order valence-electron chi connectivity index (χ4n) is 3.14. The van der Waals surface area contributed by atoms with Crippen LogP contribution in [0.15, 0.2) is 60.4 Å². The number of rotatable bonds is 2. The molecule has 4 rings (SSSR count). The van der Waals surface area contributed by atoms with E-state index in [0.29, 0.717) is 11.1 Å². The van der Waals surface area contributed by atoms with E-state index >= 15 is 0 Å². The molecule has 0 atom stereocenters. The van der Waals surface area contributed by atoms with Crippen LogP contribution in [0.3, 0.4) is 0 Å². The third-order valence-corrected chi connectivity index (χ3v) is 4.11. The Morgan fingerprint density at radius 3 is 2.74 bits per heavy atom. The summed E-state index contributed by atoms with van der Waals surface area (Å²) in [7, 11) is 0. The lowest BCUT2D eigenvalue weighted by atomic mass is 9.86. The topological polar surface area (TPSA) is 51.1 Å². The third kappa shape index (κ3) is 1.75. The number of nitro groups is 1. The van der Waals surface area contributed by atoms with Crippen LogP contribution < -0.4 is 0 Å². The van der Waals surface area contributed by atoms with Crippen LogP contribution in [0.1, 0.15) is 11.3 Å². The average Bonchev–Trinajstić information content (AvgIpc) is 3.17.